The number of hydrogen-bond donors (Lipinski definition) is 1. The van der Waals surface area contributed by atoms with Crippen molar-refractivity contribution >= 4 is 0 Å². The van der Waals surface area contributed by atoms with Gasteiger partial charge in [0.2, 0.25) is 0 Å². The standard InChI is InChI=1S/C17H29N3/c1-4-15-7-6-9-18-17(15)13-20-10-8-16(5-2)19-11-14(3)12-20/h6-7,9,14,16,19H,4-5,8,10-13H2,1-3H3. The Kier molecular flexibility index (Phi) is 5.99. The predicted molar refractivity (Wildman–Crippen MR) is 84.8 cm³/mol. The summed E-state index contributed by atoms with van der Waals surface area (Å²) in [5.41, 5.74) is 2.66. The molecule has 0 aromatic carbocycles. The molecule has 1 N–H and O–H groups in total. The van der Waals surface area contributed by atoms with Crippen molar-refractivity contribution in [3.63, 3.8) is 0 Å². The van der Waals surface area contributed by atoms with Gasteiger partial charge in [-0.05, 0) is 43.4 Å². The summed E-state index contributed by atoms with van der Waals surface area (Å²) < 4.78 is 0. The number of nitrogens with zero attached hydrogens (tertiary/aromatic N) is 2. The van der Waals surface area contributed by atoms with E-state index in [4.69, 9.17) is 0 Å². The number of pyridine rings is 1. The molecule has 1 aromatic rings. The molecule has 1 saturated heterocycles. The van der Waals surface area contributed by atoms with Gasteiger partial charge >= 0.3 is 0 Å². The Hall–Kier alpha value is -0.930. The summed E-state index contributed by atoms with van der Waals surface area (Å²) in [5.74, 6) is 0.707. The maximum Gasteiger partial charge on any atom is 0.0575 e. The van der Waals surface area contributed by atoms with E-state index in [2.05, 4.69) is 48.1 Å². The third-order valence-electron chi connectivity index (χ3n) is 4.35. The molecule has 1 fully saturated rings. The van der Waals surface area contributed by atoms with Crippen molar-refractivity contribution in [2.24, 2.45) is 5.92 Å². The van der Waals surface area contributed by atoms with Gasteiger partial charge in [0, 0.05) is 31.9 Å². The molecule has 0 spiro atoms. The number of aromatic nitrogens is 1. The van der Waals surface area contributed by atoms with Gasteiger partial charge in [-0.25, -0.2) is 0 Å². The SMILES string of the molecule is CCc1cccnc1CN1CCC(CC)NCC(C)C1. The fourth-order valence-corrected chi connectivity index (χ4v) is 3.04. The Balaban J connectivity index is 2.02. The number of hydrogen-bond acceptors (Lipinski definition) is 3. The Morgan fingerprint density at radius 1 is 1.40 bits per heavy atom. The van der Waals surface area contributed by atoms with E-state index < -0.39 is 0 Å². The highest BCUT2D eigenvalue weighted by Crippen LogP contribution is 2.14. The number of rotatable bonds is 4. The summed E-state index contributed by atoms with van der Waals surface area (Å²) >= 11 is 0. The largest absolute Gasteiger partial charge is 0.314 e. The van der Waals surface area contributed by atoms with Gasteiger partial charge in [0.25, 0.3) is 0 Å². The average Bonchev–Trinajstić information content (AvgIpc) is 2.45. The van der Waals surface area contributed by atoms with Gasteiger partial charge in [0.15, 0.2) is 0 Å². The van der Waals surface area contributed by atoms with Crippen molar-refractivity contribution in [1.82, 2.24) is 15.2 Å². The van der Waals surface area contributed by atoms with Crippen molar-refractivity contribution < 1.29 is 0 Å². The quantitative estimate of drug-likeness (QED) is 0.916. The second kappa shape index (κ2) is 7.75. The second-order valence-corrected chi connectivity index (χ2v) is 6.11. The minimum atomic E-state index is 0.676. The lowest BCUT2D eigenvalue weighted by Gasteiger charge is -2.32. The Bertz CT molecular complexity index is 405. The smallest absolute Gasteiger partial charge is 0.0575 e. The van der Waals surface area contributed by atoms with Crippen LogP contribution in [0.15, 0.2) is 18.3 Å². The van der Waals surface area contributed by atoms with Gasteiger partial charge in [-0.15, -0.1) is 0 Å². The zero-order valence-corrected chi connectivity index (χ0v) is 13.2. The van der Waals surface area contributed by atoms with Crippen LogP contribution in [0.3, 0.4) is 0 Å². The first-order valence-corrected chi connectivity index (χ1v) is 8.11. The van der Waals surface area contributed by atoms with Gasteiger partial charge in [0.1, 0.15) is 0 Å². The lowest BCUT2D eigenvalue weighted by molar-refractivity contribution is 0.188. The molecule has 2 rings (SSSR count). The minimum absolute atomic E-state index is 0.676. The van der Waals surface area contributed by atoms with Crippen molar-refractivity contribution in [3.05, 3.63) is 29.6 Å². The molecule has 0 bridgehead atoms. The van der Waals surface area contributed by atoms with E-state index in [1.165, 1.54) is 37.2 Å². The molecule has 3 nitrogen and oxygen atoms in total. The summed E-state index contributed by atoms with van der Waals surface area (Å²) in [6, 6.07) is 4.94. The average molecular weight is 275 g/mol. The van der Waals surface area contributed by atoms with Crippen molar-refractivity contribution in [1.29, 1.82) is 0 Å². The molecule has 112 valence electrons. The van der Waals surface area contributed by atoms with E-state index in [9.17, 15) is 0 Å². The summed E-state index contributed by atoms with van der Waals surface area (Å²) in [4.78, 5) is 7.20. The lowest BCUT2D eigenvalue weighted by Crippen LogP contribution is -2.43. The second-order valence-electron chi connectivity index (χ2n) is 6.11. The Morgan fingerprint density at radius 2 is 2.25 bits per heavy atom. The molecule has 20 heavy (non-hydrogen) atoms. The van der Waals surface area contributed by atoms with Crippen LogP contribution < -0.4 is 5.32 Å². The predicted octanol–water partition coefficient (Wildman–Crippen LogP) is 2.85. The fourth-order valence-electron chi connectivity index (χ4n) is 3.04. The fraction of sp³-hybridized carbons (Fsp3) is 0.706. The molecule has 0 amide bonds. The highest BCUT2D eigenvalue weighted by molar-refractivity contribution is 5.19. The summed E-state index contributed by atoms with van der Waals surface area (Å²) in [6.07, 6.45) is 5.48. The maximum atomic E-state index is 4.60. The van der Waals surface area contributed by atoms with Crippen LogP contribution in [-0.2, 0) is 13.0 Å². The third kappa shape index (κ3) is 4.29. The van der Waals surface area contributed by atoms with Gasteiger partial charge in [-0.3, -0.25) is 9.88 Å². The molecule has 1 aliphatic rings. The van der Waals surface area contributed by atoms with Gasteiger partial charge in [-0.1, -0.05) is 26.8 Å². The van der Waals surface area contributed by atoms with E-state index in [0.29, 0.717) is 12.0 Å². The molecule has 1 aliphatic heterocycles. The molecule has 2 heterocycles. The summed E-state index contributed by atoms with van der Waals surface area (Å²) in [6.45, 7) is 11.3. The number of nitrogens with one attached hydrogen (secondary N) is 1. The summed E-state index contributed by atoms with van der Waals surface area (Å²) in [5, 5.41) is 3.69. The first kappa shape index (κ1) is 15.5. The first-order valence-electron chi connectivity index (χ1n) is 8.11. The molecule has 0 saturated carbocycles. The van der Waals surface area contributed by atoms with Gasteiger partial charge < -0.3 is 5.32 Å². The molecule has 2 unspecified atom stereocenters. The minimum Gasteiger partial charge on any atom is -0.314 e. The van der Waals surface area contributed by atoms with Crippen LogP contribution >= 0.6 is 0 Å². The molecular weight excluding hydrogens is 246 g/mol. The van der Waals surface area contributed by atoms with Crippen LogP contribution in [0.5, 0.6) is 0 Å². The van der Waals surface area contributed by atoms with Crippen LogP contribution in [0, 0.1) is 5.92 Å². The van der Waals surface area contributed by atoms with Crippen molar-refractivity contribution in [2.75, 3.05) is 19.6 Å². The van der Waals surface area contributed by atoms with E-state index in [-0.39, 0.29) is 0 Å². The zero-order valence-electron chi connectivity index (χ0n) is 13.2. The van der Waals surface area contributed by atoms with Crippen LogP contribution in [0.1, 0.15) is 44.9 Å². The Labute approximate surface area is 123 Å². The van der Waals surface area contributed by atoms with Gasteiger partial charge in [-0.2, -0.15) is 0 Å². The molecule has 1 aromatic heterocycles. The van der Waals surface area contributed by atoms with Crippen LogP contribution in [-0.4, -0.2) is 35.6 Å². The van der Waals surface area contributed by atoms with E-state index in [0.717, 1.165) is 19.5 Å². The molecule has 0 aliphatic carbocycles. The molecule has 0 radical (unpaired) electrons. The third-order valence-corrected chi connectivity index (χ3v) is 4.35. The van der Waals surface area contributed by atoms with Crippen LogP contribution in [0.25, 0.3) is 0 Å². The van der Waals surface area contributed by atoms with E-state index in [1.807, 2.05) is 6.20 Å². The van der Waals surface area contributed by atoms with Crippen molar-refractivity contribution in [2.45, 2.75) is 52.6 Å². The van der Waals surface area contributed by atoms with Gasteiger partial charge in [0.05, 0.1) is 5.69 Å². The monoisotopic (exact) mass is 275 g/mol. The number of aryl methyl sites for hydroxylation is 1. The highest BCUT2D eigenvalue weighted by atomic mass is 15.1. The first-order chi connectivity index (χ1) is 9.72. The molecular formula is C17H29N3. The Morgan fingerprint density at radius 3 is 3.00 bits per heavy atom. The van der Waals surface area contributed by atoms with E-state index >= 15 is 0 Å². The van der Waals surface area contributed by atoms with E-state index in [1.54, 1.807) is 0 Å². The molecule has 2 atom stereocenters. The topological polar surface area (TPSA) is 28.2 Å². The normalized spacial score (nSPS) is 25.1. The lowest BCUT2D eigenvalue weighted by atomic mass is 10.0. The maximum absolute atomic E-state index is 4.60. The molecule has 3 heteroatoms. The zero-order chi connectivity index (χ0) is 14.4. The van der Waals surface area contributed by atoms with Crippen molar-refractivity contribution in [3.8, 4) is 0 Å². The summed E-state index contributed by atoms with van der Waals surface area (Å²) in [7, 11) is 0. The van der Waals surface area contributed by atoms with Crippen LogP contribution in [0.4, 0.5) is 0 Å². The highest BCUT2D eigenvalue weighted by Gasteiger charge is 2.18. The van der Waals surface area contributed by atoms with Crippen LogP contribution in [0.2, 0.25) is 0 Å².